The maximum Gasteiger partial charge on any atom is 0.175 e. The van der Waals surface area contributed by atoms with Crippen molar-refractivity contribution in [2.24, 2.45) is 0 Å². The van der Waals surface area contributed by atoms with Crippen LogP contribution in [0.1, 0.15) is 17.2 Å². The number of morpholine rings is 1. The van der Waals surface area contributed by atoms with Gasteiger partial charge in [0.1, 0.15) is 13.2 Å². The van der Waals surface area contributed by atoms with Crippen molar-refractivity contribution < 1.29 is 14.2 Å². The first kappa shape index (κ1) is 12.3. The summed E-state index contributed by atoms with van der Waals surface area (Å²) in [5.74, 6) is 1.66. The highest BCUT2D eigenvalue weighted by atomic mass is 79.9. The van der Waals surface area contributed by atoms with Gasteiger partial charge in [0.15, 0.2) is 11.5 Å². The number of ether oxygens (including phenoxy) is 3. The van der Waals surface area contributed by atoms with Crippen LogP contribution in [-0.2, 0) is 4.74 Å². The second kappa shape index (κ2) is 5.07. The summed E-state index contributed by atoms with van der Waals surface area (Å²) >= 11 is 3.55. The van der Waals surface area contributed by atoms with Crippen LogP contribution in [-0.4, -0.2) is 32.9 Å². The van der Waals surface area contributed by atoms with E-state index in [0.29, 0.717) is 13.2 Å². The lowest BCUT2D eigenvalue weighted by atomic mass is 10.0. The van der Waals surface area contributed by atoms with Gasteiger partial charge in [0.2, 0.25) is 0 Å². The van der Waals surface area contributed by atoms with Gasteiger partial charge in [-0.3, -0.25) is 0 Å². The Labute approximate surface area is 115 Å². The minimum Gasteiger partial charge on any atom is -0.486 e. The lowest BCUT2D eigenvalue weighted by Gasteiger charge is -2.28. The summed E-state index contributed by atoms with van der Waals surface area (Å²) in [4.78, 5) is 0. The van der Waals surface area contributed by atoms with Crippen molar-refractivity contribution in [3.05, 3.63) is 21.7 Å². The first-order valence-electron chi connectivity index (χ1n) is 6.18. The maximum absolute atomic E-state index is 5.81. The fraction of sp³-hybridized carbons (Fsp3) is 0.538. The number of halogens is 1. The highest BCUT2D eigenvalue weighted by Crippen LogP contribution is 2.43. The maximum atomic E-state index is 5.81. The molecule has 1 saturated heterocycles. The molecular weight excluding hydrogens is 298 g/mol. The molecule has 98 valence electrons. The Kier molecular flexibility index (Phi) is 3.46. The van der Waals surface area contributed by atoms with E-state index in [1.807, 2.05) is 0 Å². The molecule has 1 unspecified atom stereocenters. The minimum absolute atomic E-state index is 0.0888. The van der Waals surface area contributed by atoms with Gasteiger partial charge in [-0.1, -0.05) is 0 Å². The molecule has 2 aliphatic rings. The number of nitrogens with one attached hydrogen (secondary N) is 1. The highest BCUT2D eigenvalue weighted by Gasteiger charge is 2.25. The Bertz CT molecular complexity index is 458. The summed E-state index contributed by atoms with van der Waals surface area (Å²) in [7, 11) is 0. The smallest absolute Gasteiger partial charge is 0.175 e. The van der Waals surface area contributed by atoms with Gasteiger partial charge >= 0.3 is 0 Å². The van der Waals surface area contributed by atoms with Crippen LogP contribution in [0.3, 0.4) is 0 Å². The van der Waals surface area contributed by atoms with E-state index in [1.165, 1.54) is 5.56 Å². The van der Waals surface area contributed by atoms with Crippen LogP contribution in [0.15, 0.2) is 10.5 Å². The lowest BCUT2D eigenvalue weighted by molar-refractivity contribution is 0.0269. The van der Waals surface area contributed by atoms with E-state index in [4.69, 9.17) is 14.2 Å². The molecule has 3 rings (SSSR count). The molecule has 1 aromatic rings. The number of rotatable bonds is 1. The van der Waals surface area contributed by atoms with Crippen molar-refractivity contribution in [2.75, 3.05) is 32.9 Å². The first-order valence-corrected chi connectivity index (χ1v) is 6.97. The van der Waals surface area contributed by atoms with E-state index in [9.17, 15) is 0 Å². The molecule has 0 amide bonds. The SMILES string of the molecule is Cc1c(C2CNCCO2)cc(Br)c2c1OCCO2. The summed E-state index contributed by atoms with van der Waals surface area (Å²) in [6.07, 6.45) is 0.0888. The molecule has 1 N–H and O–H groups in total. The van der Waals surface area contributed by atoms with Gasteiger partial charge in [0.25, 0.3) is 0 Å². The molecule has 1 fully saturated rings. The van der Waals surface area contributed by atoms with Gasteiger partial charge in [0, 0.05) is 18.7 Å². The minimum atomic E-state index is 0.0888. The summed E-state index contributed by atoms with van der Waals surface area (Å²) in [5.41, 5.74) is 2.28. The van der Waals surface area contributed by atoms with Gasteiger partial charge < -0.3 is 19.5 Å². The molecular formula is C13H16BrNO3. The molecule has 18 heavy (non-hydrogen) atoms. The topological polar surface area (TPSA) is 39.7 Å². The van der Waals surface area contributed by atoms with E-state index < -0.39 is 0 Å². The molecule has 0 radical (unpaired) electrons. The van der Waals surface area contributed by atoms with Crippen molar-refractivity contribution in [3.63, 3.8) is 0 Å². The fourth-order valence-corrected chi connectivity index (χ4v) is 2.96. The highest BCUT2D eigenvalue weighted by molar-refractivity contribution is 9.10. The third kappa shape index (κ3) is 2.11. The van der Waals surface area contributed by atoms with Crippen LogP contribution in [0.4, 0.5) is 0 Å². The van der Waals surface area contributed by atoms with Crippen molar-refractivity contribution in [1.82, 2.24) is 5.32 Å². The Morgan fingerprint density at radius 3 is 2.72 bits per heavy atom. The third-order valence-corrected chi connectivity index (χ3v) is 3.92. The van der Waals surface area contributed by atoms with Crippen LogP contribution < -0.4 is 14.8 Å². The zero-order valence-electron chi connectivity index (χ0n) is 10.3. The zero-order chi connectivity index (χ0) is 12.5. The summed E-state index contributed by atoms with van der Waals surface area (Å²) < 4.78 is 18.1. The molecule has 0 aliphatic carbocycles. The summed E-state index contributed by atoms with van der Waals surface area (Å²) in [5, 5.41) is 3.35. The Morgan fingerprint density at radius 2 is 2.00 bits per heavy atom. The molecule has 4 nitrogen and oxygen atoms in total. The van der Waals surface area contributed by atoms with Crippen LogP contribution in [0.5, 0.6) is 11.5 Å². The normalized spacial score (nSPS) is 22.9. The van der Waals surface area contributed by atoms with Crippen LogP contribution >= 0.6 is 15.9 Å². The second-order valence-electron chi connectivity index (χ2n) is 4.49. The predicted octanol–water partition coefficient (Wildman–Crippen LogP) is 2.19. The molecule has 0 bridgehead atoms. The molecule has 2 aliphatic heterocycles. The van der Waals surface area contributed by atoms with Gasteiger partial charge in [-0.15, -0.1) is 0 Å². The van der Waals surface area contributed by atoms with Crippen molar-refractivity contribution in [3.8, 4) is 11.5 Å². The van der Waals surface area contributed by atoms with Crippen molar-refractivity contribution in [2.45, 2.75) is 13.0 Å². The third-order valence-electron chi connectivity index (χ3n) is 3.33. The molecule has 1 atom stereocenters. The largest absolute Gasteiger partial charge is 0.486 e. The van der Waals surface area contributed by atoms with Gasteiger partial charge in [-0.05, 0) is 34.5 Å². The van der Waals surface area contributed by atoms with Gasteiger partial charge in [-0.2, -0.15) is 0 Å². The Balaban J connectivity index is 2.01. The van der Waals surface area contributed by atoms with Crippen LogP contribution in [0.25, 0.3) is 0 Å². The lowest BCUT2D eigenvalue weighted by Crippen LogP contribution is -2.33. The van der Waals surface area contributed by atoms with Gasteiger partial charge in [-0.25, -0.2) is 0 Å². The molecule has 0 spiro atoms. The van der Waals surface area contributed by atoms with Crippen molar-refractivity contribution in [1.29, 1.82) is 0 Å². The van der Waals surface area contributed by atoms with E-state index in [-0.39, 0.29) is 6.10 Å². The molecule has 0 aromatic heterocycles. The number of fused-ring (bicyclic) bond motifs is 1. The molecule has 5 heteroatoms. The van der Waals surface area contributed by atoms with E-state index >= 15 is 0 Å². The summed E-state index contributed by atoms with van der Waals surface area (Å²) in [6, 6.07) is 2.08. The van der Waals surface area contributed by atoms with E-state index in [1.54, 1.807) is 0 Å². The van der Waals surface area contributed by atoms with E-state index in [0.717, 1.165) is 41.2 Å². The molecule has 2 heterocycles. The first-order chi connectivity index (χ1) is 8.77. The number of hydrogen-bond donors (Lipinski definition) is 1. The monoisotopic (exact) mass is 313 g/mol. The average molecular weight is 314 g/mol. The van der Waals surface area contributed by atoms with Crippen molar-refractivity contribution >= 4 is 15.9 Å². The zero-order valence-corrected chi connectivity index (χ0v) is 11.9. The number of hydrogen-bond acceptors (Lipinski definition) is 4. The quantitative estimate of drug-likeness (QED) is 0.862. The number of benzene rings is 1. The van der Waals surface area contributed by atoms with Crippen LogP contribution in [0, 0.1) is 6.92 Å². The van der Waals surface area contributed by atoms with E-state index in [2.05, 4.69) is 34.2 Å². The second-order valence-corrected chi connectivity index (χ2v) is 5.35. The summed E-state index contributed by atoms with van der Waals surface area (Å²) in [6.45, 7) is 5.77. The van der Waals surface area contributed by atoms with Crippen LogP contribution in [0.2, 0.25) is 0 Å². The fourth-order valence-electron chi connectivity index (χ4n) is 2.42. The average Bonchev–Trinajstić information content (AvgIpc) is 2.44. The Morgan fingerprint density at radius 1 is 1.22 bits per heavy atom. The van der Waals surface area contributed by atoms with Gasteiger partial charge in [0.05, 0.1) is 17.2 Å². The predicted molar refractivity (Wildman–Crippen MR) is 71.4 cm³/mol. The molecule has 1 aromatic carbocycles. The Hall–Kier alpha value is -0.780. The standard InChI is InChI=1S/C13H16BrNO3/c1-8-9(11-7-15-2-3-16-11)6-10(14)13-12(8)17-4-5-18-13/h6,11,15H,2-5,7H2,1H3. The molecule has 0 saturated carbocycles.